The first kappa shape index (κ1) is 30.7. The summed E-state index contributed by atoms with van der Waals surface area (Å²) >= 11 is 3.09. The van der Waals surface area contributed by atoms with Gasteiger partial charge in [0.15, 0.2) is 0 Å². The van der Waals surface area contributed by atoms with Crippen LogP contribution in [0.25, 0.3) is 0 Å². The van der Waals surface area contributed by atoms with E-state index in [2.05, 4.69) is 40.7 Å². The molecule has 0 aromatic carbocycles. The highest BCUT2D eigenvalue weighted by Gasteiger charge is 2.20. The Morgan fingerprint density at radius 3 is 1.46 bits per heavy atom. The van der Waals surface area contributed by atoms with Crippen molar-refractivity contribution in [2.24, 2.45) is 11.8 Å². The van der Waals surface area contributed by atoms with Crippen LogP contribution in [-0.2, 0) is 0 Å². The lowest BCUT2D eigenvalue weighted by molar-refractivity contribution is 0.202. The van der Waals surface area contributed by atoms with E-state index in [1.54, 1.807) is 12.1 Å². The maximum absolute atomic E-state index is 13.3. The number of aliphatic hydroxyl groups is 2. The van der Waals surface area contributed by atoms with Crippen LogP contribution in [0.15, 0.2) is 53.0 Å². The van der Waals surface area contributed by atoms with E-state index in [1.165, 1.54) is 12.1 Å². The summed E-state index contributed by atoms with van der Waals surface area (Å²) in [6.07, 6.45) is 3.79. The van der Waals surface area contributed by atoms with Crippen LogP contribution in [0.5, 0.6) is 0 Å². The molecule has 0 atom stereocenters. The summed E-state index contributed by atoms with van der Waals surface area (Å²) < 4.78 is 50.2. The monoisotopic (exact) mass is 613 g/mol. The summed E-state index contributed by atoms with van der Waals surface area (Å²) in [6.45, 7) is 3.86. The molecule has 2 aliphatic rings. The second kappa shape index (κ2) is 15.7. The largest absolute Gasteiger partial charge is 0.396 e. The highest BCUT2D eigenvalue weighted by atomic mass is 79.9. The molecule has 5 rings (SSSR count). The van der Waals surface area contributed by atoms with Crippen molar-refractivity contribution >= 4 is 27.6 Å². The molecule has 0 bridgehead atoms. The Hall–Kier alpha value is -2.83. The fraction of sp³-hybridized carbons (Fsp3) is 0.444. The predicted octanol–water partition coefficient (Wildman–Crippen LogP) is 4.98. The lowest BCUT2D eigenvalue weighted by atomic mass is 9.98. The Bertz CT molecular complexity index is 1150. The molecule has 0 unspecified atom stereocenters. The number of piperidine rings is 2. The quantitative estimate of drug-likeness (QED) is 0.317. The molecule has 2 N–H and O–H groups in total. The number of hydrogen-bond acceptors (Lipinski definition) is 7. The van der Waals surface area contributed by atoms with Gasteiger partial charge in [0, 0.05) is 39.4 Å². The van der Waals surface area contributed by atoms with Crippen LogP contribution in [0, 0.1) is 35.6 Å². The van der Waals surface area contributed by atoms with Crippen molar-refractivity contribution in [3.8, 4) is 0 Å². The van der Waals surface area contributed by atoms with Crippen LogP contribution >= 0.6 is 15.9 Å². The molecule has 3 aromatic rings. The fourth-order valence-electron chi connectivity index (χ4n) is 4.23. The van der Waals surface area contributed by atoms with E-state index >= 15 is 0 Å². The molecule has 0 amide bonds. The molecule has 5 heterocycles. The Kier molecular flexibility index (Phi) is 12.3. The third-order valence-corrected chi connectivity index (χ3v) is 7.16. The predicted molar refractivity (Wildman–Crippen MR) is 144 cm³/mol. The summed E-state index contributed by atoms with van der Waals surface area (Å²) in [6, 6.07) is 11.8. The van der Waals surface area contributed by atoms with Crippen LogP contribution in [-0.4, -0.2) is 64.6 Å². The van der Waals surface area contributed by atoms with E-state index in [-0.39, 0.29) is 13.2 Å². The minimum atomic E-state index is -0.787. The number of pyridine rings is 3. The summed E-state index contributed by atoms with van der Waals surface area (Å²) in [5, 5.41) is 18.0. The van der Waals surface area contributed by atoms with Gasteiger partial charge in [0.1, 0.15) is 11.6 Å². The van der Waals surface area contributed by atoms with E-state index < -0.39 is 23.8 Å². The number of halogens is 5. The molecular formula is C27H32BrF4N5O2. The van der Waals surface area contributed by atoms with Gasteiger partial charge in [0.05, 0.1) is 4.47 Å². The molecule has 3 aromatic heterocycles. The molecule has 2 saturated heterocycles. The highest BCUT2D eigenvalue weighted by molar-refractivity contribution is 9.10. The van der Waals surface area contributed by atoms with E-state index in [0.717, 1.165) is 64.0 Å². The number of nitrogens with zero attached hydrogens (tertiary/aromatic N) is 5. The lowest BCUT2D eigenvalue weighted by Gasteiger charge is -2.31. The molecule has 2 fully saturated rings. The zero-order valence-corrected chi connectivity index (χ0v) is 23.0. The normalized spacial score (nSPS) is 16.2. The van der Waals surface area contributed by atoms with Gasteiger partial charge in [0.25, 0.3) is 0 Å². The van der Waals surface area contributed by atoms with Crippen LogP contribution in [0.1, 0.15) is 25.7 Å². The highest BCUT2D eigenvalue weighted by Crippen LogP contribution is 2.24. The fourth-order valence-corrected chi connectivity index (χ4v) is 4.45. The average Bonchev–Trinajstić information content (AvgIpc) is 2.95. The molecular weight excluding hydrogens is 582 g/mol. The van der Waals surface area contributed by atoms with Crippen molar-refractivity contribution in [3.05, 3.63) is 76.8 Å². The van der Waals surface area contributed by atoms with Gasteiger partial charge in [-0.1, -0.05) is 12.1 Å². The van der Waals surface area contributed by atoms with Crippen LogP contribution in [0.4, 0.5) is 29.2 Å². The average molecular weight is 614 g/mol. The Morgan fingerprint density at radius 2 is 1.08 bits per heavy atom. The Morgan fingerprint density at radius 1 is 0.641 bits per heavy atom. The third kappa shape index (κ3) is 10.0. The molecule has 2 aliphatic heterocycles. The molecule has 0 spiro atoms. The van der Waals surface area contributed by atoms with Gasteiger partial charge < -0.3 is 20.0 Å². The molecule has 212 valence electrons. The second-order valence-electron chi connectivity index (χ2n) is 9.27. The number of aliphatic hydroxyl groups excluding tert-OH is 2. The van der Waals surface area contributed by atoms with Gasteiger partial charge in [-0.05, 0) is 89.8 Å². The molecule has 7 nitrogen and oxygen atoms in total. The van der Waals surface area contributed by atoms with Gasteiger partial charge in [-0.15, -0.1) is 0 Å². The van der Waals surface area contributed by atoms with Crippen molar-refractivity contribution in [1.29, 1.82) is 0 Å². The first-order valence-corrected chi connectivity index (χ1v) is 13.5. The molecule has 0 radical (unpaired) electrons. The van der Waals surface area contributed by atoms with Crippen LogP contribution < -0.4 is 9.80 Å². The number of rotatable bonds is 4. The SMILES string of the molecule is Fc1cccc(F)n1.OCC1CCN(c2ccc(Br)c(F)n2)CC1.OCC1CCN(c2cccc(F)n2)CC1. The summed E-state index contributed by atoms with van der Waals surface area (Å²) in [4.78, 5) is 14.7. The smallest absolute Gasteiger partial charge is 0.229 e. The van der Waals surface area contributed by atoms with Crippen LogP contribution in [0.3, 0.4) is 0 Å². The zero-order chi connectivity index (χ0) is 28.2. The van der Waals surface area contributed by atoms with Gasteiger partial charge in [-0.2, -0.15) is 22.5 Å². The van der Waals surface area contributed by atoms with E-state index in [1.807, 2.05) is 12.1 Å². The molecule has 0 aliphatic carbocycles. The van der Waals surface area contributed by atoms with E-state index in [4.69, 9.17) is 10.2 Å². The summed E-state index contributed by atoms with van der Waals surface area (Å²) in [5.41, 5.74) is 0. The molecule has 39 heavy (non-hydrogen) atoms. The van der Waals surface area contributed by atoms with Crippen LogP contribution in [0.2, 0.25) is 0 Å². The van der Waals surface area contributed by atoms with Gasteiger partial charge >= 0.3 is 0 Å². The van der Waals surface area contributed by atoms with Gasteiger partial charge in [-0.3, -0.25) is 0 Å². The minimum Gasteiger partial charge on any atom is -0.396 e. The number of anilines is 2. The lowest BCUT2D eigenvalue weighted by Crippen LogP contribution is -2.35. The molecule has 12 heteroatoms. The maximum Gasteiger partial charge on any atom is 0.229 e. The van der Waals surface area contributed by atoms with Crippen molar-refractivity contribution in [3.63, 3.8) is 0 Å². The Balaban J connectivity index is 0.000000171. The summed E-state index contributed by atoms with van der Waals surface area (Å²) in [7, 11) is 0. The third-order valence-electron chi connectivity index (χ3n) is 6.56. The Labute approximate surface area is 233 Å². The van der Waals surface area contributed by atoms with Crippen molar-refractivity contribution in [1.82, 2.24) is 15.0 Å². The second-order valence-corrected chi connectivity index (χ2v) is 10.1. The zero-order valence-electron chi connectivity index (χ0n) is 21.4. The standard InChI is InChI=1S/C11H14BrFN2O.C11H15FN2O.C5H3F2N/c12-9-1-2-10(14-11(9)13)15-5-3-8(7-16)4-6-15;12-10-2-1-3-11(13-10)14-6-4-9(8-15)5-7-14;6-4-2-1-3-5(7)8-4/h1-2,8,16H,3-7H2;1-3,9,15H,4-8H2;1-3H. The van der Waals surface area contributed by atoms with E-state index in [0.29, 0.717) is 27.9 Å². The maximum atomic E-state index is 13.3. The van der Waals surface area contributed by atoms with Gasteiger partial charge in [0.2, 0.25) is 23.8 Å². The van der Waals surface area contributed by atoms with Crippen molar-refractivity contribution in [2.45, 2.75) is 25.7 Å². The summed E-state index contributed by atoms with van der Waals surface area (Å²) in [5.74, 6) is -0.316. The minimum absolute atomic E-state index is 0.246. The molecule has 0 saturated carbocycles. The first-order valence-electron chi connectivity index (χ1n) is 12.7. The number of aromatic nitrogens is 3. The first-order chi connectivity index (χ1) is 18.8. The van der Waals surface area contributed by atoms with Crippen molar-refractivity contribution in [2.75, 3.05) is 49.2 Å². The van der Waals surface area contributed by atoms with Gasteiger partial charge in [-0.25, -0.2) is 9.97 Å². The van der Waals surface area contributed by atoms with Crippen molar-refractivity contribution < 1.29 is 27.8 Å². The topological polar surface area (TPSA) is 85.6 Å². The van der Waals surface area contributed by atoms with E-state index in [9.17, 15) is 17.6 Å². The number of hydrogen-bond donors (Lipinski definition) is 2.